The minimum atomic E-state index is -0.861. The molecule has 0 unspecified atom stereocenters. The van der Waals surface area contributed by atoms with Crippen molar-refractivity contribution in [3.63, 3.8) is 0 Å². The van der Waals surface area contributed by atoms with E-state index in [4.69, 9.17) is 21.1 Å². The van der Waals surface area contributed by atoms with Crippen molar-refractivity contribution in [2.24, 2.45) is 0 Å². The number of nitrogens with zero attached hydrogens (tertiary/aromatic N) is 1. The lowest BCUT2D eigenvalue weighted by atomic mass is 10.2. The molecular formula is C22H17ClN2O6. The first kappa shape index (κ1) is 21.8. The molecule has 8 nitrogen and oxygen atoms in total. The zero-order chi connectivity index (χ0) is 22.2. The zero-order valence-corrected chi connectivity index (χ0v) is 16.9. The van der Waals surface area contributed by atoms with Crippen LogP contribution < -0.4 is 10.1 Å². The summed E-state index contributed by atoms with van der Waals surface area (Å²) in [5.41, 5.74) is 1.21. The molecule has 0 aliphatic heterocycles. The second kappa shape index (κ2) is 10.2. The number of benzene rings is 3. The van der Waals surface area contributed by atoms with Gasteiger partial charge in [0.15, 0.2) is 6.61 Å². The van der Waals surface area contributed by atoms with Crippen LogP contribution in [0.1, 0.15) is 15.9 Å². The van der Waals surface area contributed by atoms with Crippen molar-refractivity contribution in [3.8, 4) is 5.75 Å². The molecule has 31 heavy (non-hydrogen) atoms. The smallest absolute Gasteiger partial charge is 0.340 e. The van der Waals surface area contributed by atoms with Gasteiger partial charge in [-0.25, -0.2) is 4.79 Å². The number of ether oxygens (including phenoxy) is 2. The average molecular weight is 441 g/mol. The van der Waals surface area contributed by atoms with E-state index in [1.807, 2.05) is 30.3 Å². The Morgan fingerprint density at radius 2 is 1.71 bits per heavy atom. The normalized spacial score (nSPS) is 10.2. The molecule has 0 atom stereocenters. The fourth-order valence-corrected chi connectivity index (χ4v) is 2.82. The molecule has 0 aliphatic carbocycles. The van der Waals surface area contributed by atoms with Gasteiger partial charge >= 0.3 is 5.97 Å². The molecule has 9 heteroatoms. The van der Waals surface area contributed by atoms with Gasteiger partial charge in [-0.15, -0.1) is 0 Å². The molecule has 3 rings (SSSR count). The van der Waals surface area contributed by atoms with Gasteiger partial charge in [0.2, 0.25) is 0 Å². The van der Waals surface area contributed by atoms with Gasteiger partial charge in [-0.2, -0.15) is 0 Å². The number of carbonyl (C=O) groups is 2. The molecular weight excluding hydrogens is 424 g/mol. The minimum absolute atomic E-state index is 0.0695. The number of nitrogens with one attached hydrogen (secondary N) is 1. The highest BCUT2D eigenvalue weighted by molar-refractivity contribution is 6.33. The van der Waals surface area contributed by atoms with Gasteiger partial charge in [0.1, 0.15) is 12.4 Å². The largest absolute Gasteiger partial charge is 0.489 e. The summed E-state index contributed by atoms with van der Waals surface area (Å²) < 4.78 is 10.6. The number of amides is 1. The third-order valence-corrected chi connectivity index (χ3v) is 4.42. The SMILES string of the molecule is O=C(COC(=O)c1ccc([N+](=O)[O-])cc1Cl)Nc1ccc(OCc2ccccc2)cc1. The number of non-ortho nitro benzene ring substituents is 1. The van der Waals surface area contributed by atoms with E-state index in [0.717, 1.165) is 17.7 Å². The summed E-state index contributed by atoms with van der Waals surface area (Å²) in [6, 6.07) is 19.8. The number of nitro groups is 1. The first-order valence-electron chi connectivity index (χ1n) is 9.10. The third-order valence-electron chi connectivity index (χ3n) is 4.10. The Balaban J connectivity index is 1.48. The van der Waals surface area contributed by atoms with Crippen LogP contribution in [0.25, 0.3) is 0 Å². The Kier molecular flexibility index (Phi) is 7.18. The summed E-state index contributed by atoms with van der Waals surface area (Å²) in [6.45, 7) is -0.119. The number of hydrogen-bond donors (Lipinski definition) is 1. The number of esters is 1. The first-order valence-corrected chi connectivity index (χ1v) is 9.48. The predicted molar refractivity (Wildman–Crippen MR) is 114 cm³/mol. The second-order valence-corrected chi connectivity index (χ2v) is 6.75. The van der Waals surface area contributed by atoms with E-state index in [9.17, 15) is 19.7 Å². The lowest BCUT2D eigenvalue weighted by Crippen LogP contribution is -2.21. The Labute approximate surface area is 182 Å². The minimum Gasteiger partial charge on any atom is -0.489 e. The van der Waals surface area contributed by atoms with Crippen LogP contribution in [-0.2, 0) is 16.1 Å². The Morgan fingerprint density at radius 1 is 1.00 bits per heavy atom. The Hall–Kier alpha value is -3.91. The molecule has 0 aliphatic rings. The van der Waals surface area contributed by atoms with Gasteiger partial charge < -0.3 is 14.8 Å². The van der Waals surface area contributed by atoms with Gasteiger partial charge in [0.25, 0.3) is 11.6 Å². The molecule has 0 saturated heterocycles. The van der Waals surface area contributed by atoms with E-state index in [1.165, 1.54) is 6.07 Å². The molecule has 1 N–H and O–H groups in total. The Morgan fingerprint density at radius 3 is 2.35 bits per heavy atom. The topological polar surface area (TPSA) is 108 Å². The van der Waals surface area contributed by atoms with Crippen molar-refractivity contribution in [2.75, 3.05) is 11.9 Å². The molecule has 0 aromatic heterocycles. The maximum Gasteiger partial charge on any atom is 0.340 e. The maximum atomic E-state index is 12.1. The summed E-state index contributed by atoms with van der Waals surface area (Å²) in [6.07, 6.45) is 0. The molecule has 0 fully saturated rings. The molecule has 3 aromatic rings. The second-order valence-electron chi connectivity index (χ2n) is 6.34. The van der Waals surface area contributed by atoms with Crippen LogP contribution in [0, 0.1) is 10.1 Å². The predicted octanol–water partition coefficient (Wildman–Crippen LogP) is 4.62. The van der Waals surface area contributed by atoms with Crippen LogP contribution in [0.5, 0.6) is 5.75 Å². The number of carbonyl (C=O) groups excluding carboxylic acids is 2. The maximum absolute atomic E-state index is 12.1. The molecule has 1 amide bonds. The van der Waals surface area contributed by atoms with Gasteiger partial charge in [-0.05, 0) is 35.9 Å². The first-order chi connectivity index (χ1) is 14.9. The van der Waals surface area contributed by atoms with Gasteiger partial charge in [-0.3, -0.25) is 14.9 Å². The van der Waals surface area contributed by atoms with Crippen molar-refractivity contribution < 1.29 is 24.0 Å². The van der Waals surface area contributed by atoms with E-state index >= 15 is 0 Å². The van der Waals surface area contributed by atoms with E-state index in [-0.39, 0.29) is 16.3 Å². The number of anilines is 1. The van der Waals surface area contributed by atoms with Crippen LogP contribution in [0.4, 0.5) is 11.4 Å². The molecule has 3 aromatic carbocycles. The van der Waals surface area contributed by atoms with Crippen LogP contribution in [0.2, 0.25) is 5.02 Å². The van der Waals surface area contributed by atoms with Crippen LogP contribution in [-0.4, -0.2) is 23.4 Å². The van der Waals surface area contributed by atoms with E-state index in [0.29, 0.717) is 18.0 Å². The molecule has 0 saturated carbocycles. The number of rotatable bonds is 8. The van der Waals surface area contributed by atoms with E-state index < -0.39 is 23.4 Å². The van der Waals surface area contributed by atoms with Crippen molar-refractivity contribution >= 4 is 34.9 Å². The van der Waals surface area contributed by atoms with Gasteiger partial charge in [0, 0.05) is 17.8 Å². The van der Waals surface area contributed by atoms with Gasteiger partial charge in [0.05, 0.1) is 15.5 Å². The van der Waals surface area contributed by atoms with E-state index in [1.54, 1.807) is 24.3 Å². The summed E-state index contributed by atoms with van der Waals surface area (Å²) in [7, 11) is 0. The summed E-state index contributed by atoms with van der Waals surface area (Å²) >= 11 is 5.88. The fraction of sp³-hybridized carbons (Fsp3) is 0.0909. The molecule has 158 valence electrons. The van der Waals surface area contributed by atoms with Crippen LogP contribution in [0.3, 0.4) is 0 Å². The van der Waals surface area contributed by atoms with Crippen molar-refractivity contribution in [1.29, 1.82) is 0 Å². The average Bonchev–Trinajstić information content (AvgIpc) is 2.77. The highest BCUT2D eigenvalue weighted by Gasteiger charge is 2.17. The molecule has 0 radical (unpaired) electrons. The highest BCUT2D eigenvalue weighted by atomic mass is 35.5. The van der Waals surface area contributed by atoms with Gasteiger partial charge in [-0.1, -0.05) is 41.9 Å². The standard InChI is InChI=1S/C22H17ClN2O6/c23-20-12-17(25(28)29)8-11-19(20)22(27)31-14-21(26)24-16-6-9-18(10-7-16)30-13-15-4-2-1-3-5-15/h1-12H,13-14H2,(H,24,26). The number of hydrogen-bond acceptors (Lipinski definition) is 6. The van der Waals surface area contributed by atoms with Crippen molar-refractivity contribution in [1.82, 2.24) is 0 Å². The monoisotopic (exact) mass is 440 g/mol. The van der Waals surface area contributed by atoms with Crippen molar-refractivity contribution in [2.45, 2.75) is 6.61 Å². The lowest BCUT2D eigenvalue weighted by Gasteiger charge is -2.09. The lowest BCUT2D eigenvalue weighted by molar-refractivity contribution is -0.384. The van der Waals surface area contributed by atoms with Crippen molar-refractivity contribution in [3.05, 3.63) is 99.1 Å². The fourth-order valence-electron chi connectivity index (χ4n) is 2.56. The molecule has 0 heterocycles. The number of halogens is 1. The summed E-state index contributed by atoms with van der Waals surface area (Å²) in [5, 5.41) is 13.2. The van der Waals surface area contributed by atoms with Crippen LogP contribution in [0.15, 0.2) is 72.8 Å². The Bertz CT molecular complexity index is 1090. The van der Waals surface area contributed by atoms with Crippen LogP contribution >= 0.6 is 11.6 Å². The molecule has 0 spiro atoms. The zero-order valence-electron chi connectivity index (χ0n) is 16.1. The highest BCUT2D eigenvalue weighted by Crippen LogP contribution is 2.23. The third kappa shape index (κ3) is 6.28. The summed E-state index contributed by atoms with van der Waals surface area (Å²) in [4.78, 5) is 34.2. The van der Waals surface area contributed by atoms with E-state index in [2.05, 4.69) is 5.32 Å². The number of nitro benzene ring substituents is 1. The molecule has 0 bridgehead atoms. The summed E-state index contributed by atoms with van der Waals surface area (Å²) in [5.74, 6) is -0.773. The quantitative estimate of drug-likeness (QED) is 0.311.